The second-order valence-corrected chi connectivity index (χ2v) is 8.70. The number of rotatable bonds is 5. The van der Waals surface area contributed by atoms with Crippen LogP contribution in [0.4, 0.5) is 5.69 Å². The number of ether oxygens (including phenoxy) is 2. The summed E-state index contributed by atoms with van der Waals surface area (Å²) in [4.78, 5) is 29.1. The third-order valence-electron chi connectivity index (χ3n) is 6.49. The Morgan fingerprint density at radius 3 is 2.57 bits per heavy atom. The van der Waals surface area contributed by atoms with Crippen LogP contribution in [-0.4, -0.2) is 28.4 Å². The zero-order valence-electron chi connectivity index (χ0n) is 20.2. The molecule has 37 heavy (non-hydrogen) atoms. The Labute approximate surface area is 212 Å². The van der Waals surface area contributed by atoms with Crippen molar-refractivity contribution in [1.82, 2.24) is 9.78 Å². The number of nitrogens with zero attached hydrogens (tertiary/aromatic N) is 4. The Morgan fingerprint density at radius 2 is 1.78 bits per heavy atom. The van der Waals surface area contributed by atoms with Gasteiger partial charge in [-0.1, -0.05) is 37.3 Å². The van der Waals surface area contributed by atoms with E-state index in [1.807, 2.05) is 49.4 Å². The van der Waals surface area contributed by atoms with Gasteiger partial charge in [-0.3, -0.25) is 14.3 Å². The molecule has 4 heterocycles. The van der Waals surface area contributed by atoms with E-state index in [2.05, 4.69) is 5.10 Å². The summed E-state index contributed by atoms with van der Waals surface area (Å²) in [6.07, 6.45) is 4.23. The Hall–Kier alpha value is -4.92. The fourth-order valence-corrected chi connectivity index (χ4v) is 4.65. The molecule has 0 unspecified atom stereocenters. The van der Waals surface area contributed by atoms with Crippen molar-refractivity contribution in [3.05, 3.63) is 84.2 Å². The number of carbonyl (C=O) groups excluding carboxylic acids is 2. The first kappa shape index (κ1) is 22.5. The van der Waals surface area contributed by atoms with Crippen molar-refractivity contribution < 1.29 is 28.7 Å². The summed E-state index contributed by atoms with van der Waals surface area (Å²) in [6.45, 7) is 2.06. The molecule has 2 aliphatic heterocycles. The van der Waals surface area contributed by atoms with Gasteiger partial charge >= 0.3 is 5.91 Å². The highest BCUT2D eigenvalue weighted by Gasteiger charge is 2.48. The SMILES string of the molecule is CCc1ccc[n+](C2=C(c3c(-c4ccccc4)nn(C)c3[O-])C(=O)N(c3ccc4c(c3)OCO4)C2=O)c1. The number of pyridine rings is 1. The lowest BCUT2D eigenvalue weighted by atomic mass is 10.00. The molecule has 0 spiro atoms. The molecule has 0 aliphatic carbocycles. The van der Waals surface area contributed by atoms with Gasteiger partial charge in [0.1, 0.15) is 5.57 Å². The normalized spacial score (nSPS) is 14.7. The summed E-state index contributed by atoms with van der Waals surface area (Å²) in [5.41, 5.74) is 2.44. The van der Waals surface area contributed by atoms with E-state index in [0.29, 0.717) is 28.4 Å². The number of amides is 2. The van der Waals surface area contributed by atoms with E-state index >= 15 is 0 Å². The molecule has 2 aromatic carbocycles. The second-order valence-electron chi connectivity index (χ2n) is 8.70. The molecular weight excluding hydrogens is 472 g/mol. The first-order chi connectivity index (χ1) is 18.0. The molecular formula is C28H22N4O5. The van der Waals surface area contributed by atoms with Gasteiger partial charge in [0.25, 0.3) is 11.6 Å². The first-order valence-corrected chi connectivity index (χ1v) is 11.8. The largest absolute Gasteiger partial charge is 0.858 e. The molecule has 6 rings (SSSR count). The van der Waals surface area contributed by atoms with Crippen LogP contribution in [0.5, 0.6) is 17.4 Å². The number of hydrogen-bond donors (Lipinski definition) is 0. The molecule has 4 aromatic rings. The van der Waals surface area contributed by atoms with Crippen molar-refractivity contribution in [2.75, 3.05) is 11.7 Å². The molecule has 0 fully saturated rings. The quantitative estimate of drug-likeness (QED) is 0.312. The second kappa shape index (κ2) is 8.63. The number of aromatic nitrogens is 3. The van der Waals surface area contributed by atoms with Crippen molar-refractivity contribution in [2.24, 2.45) is 7.05 Å². The van der Waals surface area contributed by atoms with E-state index in [0.717, 1.165) is 16.9 Å². The third-order valence-corrected chi connectivity index (χ3v) is 6.49. The van der Waals surface area contributed by atoms with E-state index in [1.165, 1.54) is 11.7 Å². The predicted molar refractivity (Wildman–Crippen MR) is 132 cm³/mol. The van der Waals surface area contributed by atoms with Crippen molar-refractivity contribution in [1.29, 1.82) is 0 Å². The van der Waals surface area contributed by atoms with Crippen LogP contribution in [-0.2, 0) is 23.1 Å². The summed E-state index contributed by atoms with van der Waals surface area (Å²) in [5.74, 6) is -0.673. The number of hydrogen-bond acceptors (Lipinski definition) is 6. The lowest BCUT2D eigenvalue weighted by Gasteiger charge is -2.15. The maximum atomic E-state index is 14.1. The highest BCUT2D eigenvalue weighted by molar-refractivity contribution is 6.53. The summed E-state index contributed by atoms with van der Waals surface area (Å²) in [5, 5.41) is 17.9. The fraction of sp³-hybridized carbons (Fsp3) is 0.143. The lowest BCUT2D eigenvalue weighted by Crippen LogP contribution is -2.40. The van der Waals surface area contributed by atoms with Crippen molar-refractivity contribution in [2.45, 2.75) is 13.3 Å². The van der Waals surface area contributed by atoms with Crippen LogP contribution in [0.1, 0.15) is 18.1 Å². The van der Waals surface area contributed by atoms with Gasteiger partial charge in [-0.05, 0) is 30.5 Å². The molecule has 2 amide bonds. The van der Waals surface area contributed by atoms with Gasteiger partial charge in [0, 0.05) is 35.9 Å². The number of anilines is 1. The minimum atomic E-state index is -0.615. The van der Waals surface area contributed by atoms with Gasteiger partial charge in [0.2, 0.25) is 6.79 Å². The number of benzene rings is 2. The lowest BCUT2D eigenvalue weighted by molar-refractivity contribution is -0.577. The number of aryl methyl sites for hydroxylation is 2. The monoisotopic (exact) mass is 494 g/mol. The van der Waals surface area contributed by atoms with Crippen LogP contribution in [0.3, 0.4) is 0 Å². The maximum absolute atomic E-state index is 14.1. The summed E-state index contributed by atoms with van der Waals surface area (Å²) < 4.78 is 13.7. The van der Waals surface area contributed by atoms with Crippen LogP contribution in [0.15, 0.2) is 73.1 Å². The van der Waals surface area contributed by atoms with Crippen molar-refractivity contribution in [3.8, 4) is 28.6 Å². The molecule has 0 bridgehead atoms. The van der Waals surface area contributed by atoms with Crippen LogP contribution in [0.2, 0.25) is 0 Å². The van der Waals surface area contributed by atoms with E-state index < -0.39 is 17.7 Å². The minimum Gasteiger partial charge on any atom is -0.858 e. The zero-order chi connectivity index (χ0) is 25.7. The summed E-state index contributed by atoms with van der Waals surface area (Å²) in [6, 6.07) is 17.7. The highest BCUT2D eigenvalue weighted by Crippen LogP contribution is 2.42. The predicted octanol–water partition coefficient (Wildman–Crippen LogP) is 2.68. The van der Waals surface area contributed by atoms with Gasteiger partial charge in [-0.25, -0.2) is 4.90 Å². The fourth-order valence-electron chi connectivity index (χ4n) is 4.65. The molecule has 9 heteroatoms. The van der Waals surface area contributed by atoms with E-state index in [1.54, 1.807) is 35.2 Å². The molecule has 0 saturated carbocycles. The van der Waals surface area contributed by atoms with Crippen molar-refractivity contribution in [3.63, 3.8) is 0 Å². The average molecular weight is 495 g/mol. The first-order valence-electron chi connectivity index (χ1n) is 11.8. The molecule has 9 nitrogen and oxygen atoms in total. The Morgan fingerprint density at radius 1 is 1.00 bits per heavy atom. The van der Waals surface area contributed by atoms with Gasteiger partial charge in [-0.2, -0.15) is 9.67 Å². The maximum Gasteiger partial charge on any atom is 0.331 e. The van der Waals surface area contributed by atoms with E-state index in [9.17, 15) is 14.7 Å². The van der Waals surface area contributed by atoms with Gasteiger partial charge < -0.3 is 14.6 Å². The van der Waals surface area contributed by atoms with Gasteiger partial charge in [-0.15, -0.1) is 0 Å². The average Bonchev–Trinajstić information content (AvgIpc) is 3.58. The Bertz CT molecular complexity index is 1610. The van der Waals surface area contributed by atoms with Gasteiger partial charge in [0.05, 0.1) is 11.4 Å². The molecule has 0 N–H and O–H groups in total. The molecule has 2 aromatic heterocycles. The van der Waals surface area contributed by atoms with Crippen LogP contribution < -0.4 is 24.0 Å². The highest BCUT2D eigenvalue weighted by atomic mass is 16.7. The number of fused-ring (bicyclic) bond motifs is 1. The third kappa shape index (κ3) is 3.55. The van der Waals surface area contributed by atoms with Crippen LogP contribution in [0, 0.1) is 0 Å². The number of imide groups is 1. The van der Waals surface area contributed by atoms with E-state index in [-0.39, 0.29) is 23.6 Å². The summed E-state index contributed by atoms with van der Waals surface area (Å²) in [7, 11) is 1.53. The zero-order valence-corrected chi connectivity index (χ0v) is 20.2. The Balaban J connectivity index is 1.60. The molecule has 0 saturated heterocycles. The van der Waals surface area contributed by atoms with Crippen molar-refractivity contribution >= 4 is 28.8 Å². The molecule has 0 atom stereocenters. The topological polar surface area (TPSA) is 101 Å². The van der Waals surface area contributed by atoms with Gasteiger partial charge in [0.15, 0.2) is 23.9 Å². The minimum absolute atomic E-state index is 0.00197. The van der Waals surface area contributed by atoms with Crippen LogP contribution in [0.25, 0.3) is 22.5 Å². The Kier molecular flexibility index (Phi) is 5.26. The summed E-state index contributed by atoms with van der Waals surface area (Å²) >= 11 is 0. The molecule has 2 aliphatic rings. The number of carbonyl (C=O) groups is 2. The smallest absolute Gasteiger partial charge is 0.331 e. The molecule has 0 radical (unpaired) electrons. The molecule has 184 valence electrons. The van der Waals surface area contributed by atoms with E-state index in [4.69, 9.17) is 9.47 Å². The standard InChI is InChI=1S/C28H22N4O5/c1-3-17-8-7-13-31(15-17)25-23(22-24(29-30(2)26(22)33)18-9-5-4-6-10-18)27(34)32(28(25)35)19-11-12-20-21(14-19)37-16-36-20/h4-15H,3,16H2,1-2H3. The van der Waals surface area contributed by atoms with Crippen LogP contribution >= 0.6 is 0 Å².